The van der Waals surface area contributed by atoms with E-state index in [2.05, 4.69) is 20.5 Å². The fraction of sp³-hybridized carbons (Fsp3) is 0.583. The first-order chi connectivity index (χ1) is 9.21. The molecule has 8 heteroatoms. The summed E-state index contributed by atoms with van der Waals surface area (Å²) in [5, 5.41) is 26.6. The van der Waals surface area contributed by atoms with E-state index in [0.29, 0.717) is 10.8 Å². The molecule has 0 atom stereocenters. The first-order valence-electron chi connectivity index (χ1n) is 6.25. The van der Waals surface area contributed by atoms with Crippen LogP contribution in [-0.4, -0.2) is 36.3 Å². The molecule has 2 heterocycles. The number of carbonyl (C=O) groups is 1. The second-order valence-electron chi connectivity index (χ2n) is 5.83. The Labute approximate surface area is 120 Å². The number of aromatic carboxylic acids is 1. The van der Waals surface area contributed by atoms with Crippen molar-refractivity contribution in [3.63, 3.8) is 0 Å². The van der Waals surface area contributed by atoms with Gasteiger partial charge in [-0.3, -0.25) is 0 Å². The van der Waals surface area contributed by atoms with E-state index in [4.69, 9.17) is 0 Å². The maximum Gasteiger partial charge on any atom is 0.358 e. The van der Waals surface area contributed by atoms with E-state index >= 15 is 0 Å². The van der Waals surface area contributed by atoms with Crippen LogP contribution in [0.4, 0.5) is 0 Å². The Morgan fingerprint density at radius 2 is 1.90 bits per heavy atom. The Morgan fingerprint density at radius 3 is 2.35 bits per heavy atom. The molecule has 0 spiro atoms. The van der Waals surface area contributed by atoms with Gasteiger partial charge in [0.05, 0.1) is 5.69 Å². The molecule has 0 amide bonds. The summed E-state index contributed by atoms with van der Waals surface area (Å²) in [7, 11) is 0. The Kier molecular flexibility index (Phi) is 3.59. The van der Waals surface area contributed by atoms with Gasteiger partial charge in [-0.25, -0.2) is 4.79 Å². The number of aromatic nitrogens is 5. The molecule has 0 fully saturated rings. The number of rotatable bonds is 3. The fourth-order valence-electron chi connectivity index (χ4n) is 1.78. The number of carboxylic acid groups (broad SMARTS) is 1. The van der Waals surface area contributed by atoms with Gasteiger partial charge < -0.3 is 5.11 Å². The van der Waals surface area contributed by atoms with Crippen molar-refractivity contribution in [2.75, 3.05) is 0 Å². The van der Waals surface area contributed by atoms with Crippen molar-refractivity contribution in [2.45, 2.75) is 46.0 Å². The van der Waals surface area contributed by atoms with Crippen LogP contribution in [0.1, 0.15) is 61.7 Å². The third-order valence-corrected chi connectivity index (χ3v) is 3.89. The van der Waals surface area contributed by atoms with Crippen LogP contribution in [-0.2, 0) is 5.41 Å². The quantitative estimate of drug-likeness (QED) is 0.933. The zero-order valence-corrected chi connectivity index (χ0v) is 12.9. The molecular weight excluding hydrogens is 278 g/mol. The van der Waals surface area contributed by atoms with Gasteiger partial charge in [-0.15, -0.1) is 15.3 Å². The van der Waals surface area contributed by atoms with E-state index in [0.717, 1.165) is 5.01 Å². The van der Waals surface area contributed by atoms with Gasteiger partial charge in [0.15, 0.2) is 5.69 Å². The van der Waals surface area contributed by atoms with Crippen LogP contribution >= 0.6 is 11.3 Å². The summed E-state index contributed by atoms with van der Waals surface area (Å²) in [4.78, 5) is 11.3. The maximum absolute atomic E-state index is 11.3. The Bertz CT molecular complexity index is 639. The van der Waals surface area contributed by atoms with Crippen molar-refractivity contribution in [3.05, 3.63) is 16.4 Å². The molecule has 2 rings (SSSR count). The molecule has 0 bridgehead atoms. The smallest absolute Gasteiger partial charge is 0.358 e. The van der Waals surface area contributed by atoms with Gasteiger partial charge in [-0.2, -0.15) is 4.68 Å². The lowest BCUT2D eigenvalue weighted by Gasteiger charge is -2.18. The zero-order valence-electron chi connectivity index (χ0n) is 12.1. The largest absolute Gasteiger partial charge is 0.476 e. The summed E-state index contributed by atoms with van der Waals surface area (Å²) in [5.74, 6) is -0.823. The lowest BCUT2D eigenvalue weighted by molar-refractivity contribution is 0.0687. The molecular formula is C12H17N5O2S. The molecule has 2 aromatic heterocycles. The number of hydrogen-bond donors (Lipinski definition) is 1. The minimum absolute atomic E-state index is 0.0428. The highest BCUT2D eigenvalue weighted by Crippen LogP contribution is 2.29. The van der Waals surface area contributed by atoms with Crippen molar-refractivity contribution < 1.29 is 9.90 Å². The van der Waals surface area contributed by atoms with Crippen LogP contribution in [0.15, 0.2) is 0 Å². The highest BCUT2D eigenvalue weighted by Gasteiger charge is 2.30. The third kappa shape index (κ3) is 2.55. The second kappa shape index (κ2) is 4.93. The number of hydrogen-bond acceptors (Lipinski definition) is 6. The molecule has 0 aliphatic carbocycles. The lowest BCUT2D eigenvalue weighted by Crippen LogP contribution is -2.21. The Hall–Kier alpha value is -1.83. The van der Waals surface area contributed by atoms with Gasteiger partial charge in [-0.05, 0) is 0 Å². The predicted molar refractivity (Wildman–Crippen MR) is 74.6 cm³/mol. The summed E-state index contributed by atoms with van der Waals surface area (Å²) < 4.78 is 1.48. The van der Waals surface area contributed by atoms with Gasteiger partial charge in [0, 0.05) is 11.3 Å². The SMILES string of the molecule is CC(C)c1nnc(-n2nnc(C(=O)O)c2C(C)(C)C)s1. The number of nitrogens with zero attached hydrogens (tertiary/aromatic N) is 5. The average Bonchev–Trinajstić information content (AvgIpc) is 2.94. The normalized spacial score (nSPS) is 12.1. The minimum atomic E-state index is -1.09. The zero-order chi connectivity index (χ0) is 15.1. The standard InChI is InChI=1S/C12H17N5O2S/c1-6(2)9-14-15-11(20-9)17-8(12(3,4)5)7(10(18)19)13-16-17/h6H,1-5H3,(H,18,19). The van der Waals surface area contributed by atoms with Crippen LogP contribution in [0.25, 0.3) is 5.13 Å². The number of carboxylic acids is 1. The molecule has 0 saturated carbocycles. The van der Waals surface area contributed by atoms with Crippen LogP contribution in [0.2, 0.25) is 0 Å². The Morgan fingerprint density at radius 1 is 1.25 bits per heavy atom. The van der Waals surface area contributed by atoms with Gasteiger partial charge >= 0.3 is 5.97 Å². The first kappa shape index (κ1) is 14.6. The van der Waals surface area contributed by atoms with Crippen LogP contribution in [0, 0.1) is 0 Å². The lowest BCUT2D eigenvalue weighted by atomic mass is 9.90. The molecule has 0 aromatic carbocycles. The summed E-state index contributed by atoms with van der Waals surface area (Å²) in [6.45, 7) is 9.80. The molecule has 2 aromatic rings. The summed E-state index contributed by atoms with van der Waals surface area (Å²) in [6, 6.07) is 0. The van der Waals surface area contributed by atoms with E-state index in [1.807, 2.05) is 34.6 Å². The molecule has 20 heavy (non-hydrogen) atoms. The van der Waals surface area contributed by atoms with Crippen molar-refractivity contribution >= 4 is 17.3 Å². The van der Waals surface area contributed by atoms with E-state index in [-0.39, 0.29) is 11.6 Å². The predicted octanol–water partition coefficient (Wildman–Crippen LogP) is 2.24. The van der Waals surface area contributed by atoms with E-state index in [1.54, 1.807) is 0 Å². The highest BCUT2D eigenvalue weighted by atomic mass is 32.1. The van der Waals surface area contributed by atoms with Crippen molar-refractivity contribution in [3.8, 4) is 5.13 Å². The summed E-state index contributed by atoms with van der Waals surface area (Å²) >= 11 is 1.39. The highest BCUT2D eigenvalue weighted by molar-refractivity contribution is 7.13. The molecule has 7 nitrogen and oxygen atoms in total. The molecule has 0 aliphatic rings. The topological polar surface area (TPSA) is 93.8 Å². The fourth-order valence-corrected chi connectivity index (χ4v) is 2.58. The van der Waals surface area contributed by atoms with E-state index in [1.165, 1.54) is 16.0 Å². The van der Waals surface area contributed by atoms with Crippen molar-refractivity contribution in [2.24, 2.45) is 0 Å². The van der Waals surface area contributed by atoms with Crippen molar-refractivity contribution in [1.29, 1.82) is 0 Å². The molecule has 0 aliphatic heterocycles. The van der Waals surface area contributed by atoms with E-state index < -0.39 is 11.4 Å². The van der Waals surface area contributed by atoms with Gasteiger partial charge in [0.1, 0.15) is 5.01 Å². The first-order valence-corrected chi connectivity index (χ1v) is 7.06. The third-order valence-electron chi connectivity index (χ3n) is 2.69. The minimum Gasteiger partial charge on any atom is -0.476 e. The van der Waals surface area contributed by atoms with Gasteiger partial charge in [0.2, 0.25) is 5.13 Å². The summed E-state index contributed by atoms with van der Waals surface area (Å²) in [5.41, 5.74) is 0.0659. The Balaban J connectivity index is 2.59. The maximum atomic E-state index is 11.3. The molecule has 0 unspecified atom stereocenters. The van der Waals surface area contributed by atoms with Crippen molar-refractivity contribution in [1.82, 2.24) is 25.2 Å². The average molecular weight is 295 g/mol. The van der Waals surface area contributed by atoms with Crippen LogP contribution < -0.4 is 0 Å². The monoisotopic (exact) mass is 295 g/mol. The van der Waals surface area contributed by atoms with Crippen LogP contribution in [0.3, 0.4) is 0 Å². The molecule has 0 radical (unpaired) electrons. The van der Waals surface area contributed by atoms with E-state index in [9.17, 15) is 9.90 Å². The molecule has 108 valence electrons. The van der Waals surface area contributed by atoms with Gasteiger partial charge in [0.25, 0.3) is 0 Å². The molecule has 0 saturated heterocycles. The molecule has 1 N–H and O–H groups in total. The summed E-state index contributed by atoms with van der Waals surface area (Å²) in [6.07, 6.45) is 0. The van der Waals surface area contributed by atoms with Gasteiger partial charge in [-0.1, -0.05) is 51.2 Å². The second-order valence-corrected chi connectivity index (χ2v) is 6.82. The van der Waals surface area contributed by atoms with Crippen LogP contribution in [0.5, 0.6) is 0 Å².